The molecule has 138 valence electrons. The van der Waals surface area contributed by atoms with Crippen molar-refractivity contribution >= 4 is 22.4 Å². The van der Waals surface area contributed by atoms with E-state index in [2.05, 4.69) is 6.58 Å². The number of aryl methyl sites for hydroxylation is 2. The summed E-state index contributed by atoms with van der Waals surface area (Å²) in [6.07, 6.45) is 4.23. The molecule has 0 saturated carbocycles. The van der Waals surface area contributed by atoms with E-state index in [0.717, 1.165) is 30.4 Å². The molecular weight excluding hydrogens is 345 g/mol. The first-order valence-corrected chi connectivity index (χ1v) is 9.02. The molecule has 0 unspecified atom stereocenters. The number of hydrogen-bond acceptors (Lipinski definition) is 0. The standard InChI is InChI=1S/C24H21F3/c1-3-5-6-17-7-10-18(11-8-17)22(25)24(27)21-14-12-19-15-16(4-2)9-13-20(19)23(21)26/h3,7-15H,1,4-6H2,2H3. The summed E-state index contributed by atoms with van der Waals surface area (Å²) < 4.78 is 44.1. The van der Waals surface area contributed by atoms with Crippen molar-refractivity contribution in [3.05, 3.63) is 95.3 Å². The molecule has 0 nitrogen and oxygen atoms in total. The van der Waals surface area contributed by atoms with E-state index in [4.69, 9.17) is 0 Å². The molecule has 0 saturated heterocycles. The zero-order valence-corrected chi connectivity index (χ0v) is 15.2. The highest BCUT2D eigenvalue weighted by atomic mass is 19.2. The van der Waals surface area contributed by atoms with Gasteiger partial charge >= 0.3 is 0 Å². The Kier molecular flexibility index (Phi) is 5.80. The molecule has 3 aromatic carbocycles. The molecule has 3 heteroatoms. The molecule has 3 aromatic rings. The lowest BCUT2D eigenvalue weighted by molar-refractivity contribution is 0.622. The summed E-state index contributed by atoms with van der Waals surface area (Å²) in [5.41, 5.74) is 1.81. The van der Waals surface area contributed by atoms with Gasteiger partial charge in [-0.25, -0.2) is 13.2 Å². The molecule has 0 aliphatic rings. The van der Waals surface area contributed by atoms with Gasteiger partial charge in [-0.15, -0.1) is 6.58 Å². The van der Waals surface area contributed by atoms with Crippen LogP contribution in [0.1, 0.15) is 35.6 Å². The van der Waals surface area contributed by atoms with Crippen molar-refractivity contribution < 1.29 is 13.2 Å². The van der Waals surface area contributed by atoms with Crippen molar-refractivity contribution in [1.29, 1.82) is 0 Å². The molecule has 0 heterocycles. The highest BCUT2D eigenvalue weighted by Gasteiger charge is 2.17. The summed E-state index contributed by atoms with van der Waals surface area (Å²) in [5, 5.41) is 0.961. The van der Waals surface area contributed by atoms with Crippen LogP contribution in [0, 0.1) is 5.82 Å². The minimum absolute atomic E-state index is 0.0932. The first-order valence-electron chi connectivity index (χ1n) is 9.02. The van der Waals surface area contributed by atoms with Crippen molar-refractivity contribution in [2.24, 2.45) is 0 Å². The minimum atomic E-state index is -1.19. The fraction of sp³-hybridized carbons (Fsp3) is 0.167. The first kappa shape index (κ1) is 19.0. The van der Waals surface area contributed by atoms with E-state index in [9.17, 15) is 13.2 Å². The van der Waals surface area contributed by atoms with Gasteiger partial charge in [0.25, 0.3) is 0 Å². The van der Waals surface area contributed by atoms with Crippen molar-refractivity contribution in [1.82, 2.24) is 0 Å². The van der Waals surface area contributed by atoms with Gasteiger partial charge in [0, 0.05) is 16.5 Å². The molecule has 0 atom stereocenters. The van der Waals surface area contributed by atoms with Crippen molar-refractivity contribution in [3.8, 4) is 0 Å². The Morgan fingerprint density at radius 2 is 1.63 bits per heavy atom. The third kappa shape index (κ3) is 3.97. The zero-order chi connectivity index (χ0) is 19.4. The van der Waals surface area contributed by atoms with E-state index in [1.165, 1.54) is 18.2 Å². The summed E-state index contributed by atoms with van der Waals surface area (Å²) in [5.74, 6) is -2.99. The van der Waals surface area contributed by atoms with E-state index in [1.54, 1.807) is 36.4 Å². The van der Waals surface area contributed by atoms with E-state index in [1.807, 2.05) is 13.0 Å². The van der Waals surface area contributed by atoms with Crippen LogP contribution in [0.15, 0.2) is 67.3 Å². The Morgan fingerprint density at radius 1 is 0.926 bits per heavy atom. The van der Waals surface area contributed by atoms with Crippen LogP contribution in [0.3, 0.4) is 0 Å². The van der Waals surface area contributed by atoms with Crippen molar-refractivity contribution in [3.63, 3.8) is 0 Å². The molecule has 0 aliphatic carbocycles. The van der Waals surface area contributed by atoms with Gasteiger partial charge in [0.2, 0.25) is 0 Å². The van der Waals surface area contributed by atoms with Crippen molar-refractivity contribution in [2.75, 3.05) is 0 Å². The first-order chi connectivity index (χ1) is 13.0. The van der Waals surface area contributed by atoms with Crippen LogP contribution in [-0.4, -0.2) is 0 Å². The molecule has 27 heavy (non-hydrogen) atoms. The fourth-order valence-corrected chi connectivity index (χ4v) is 3.06. The highest BCUT2D eigenvalue weighted by molar-refractivity contribution is 5.91. The van der Waals surface area contributed by atoms with Gasteiger partial charge in [-0.3, -0.25) is 0 Å². The highest BCUT2D eigenvalue weighted by Crippen LogP contribution is 2.33. The Bertz CT molecular complexity index is 998. The maximum atomic E-state index is 14.8. The molecule has 0 amide bonds. The third-order valence-electron chi connectivity index (χ3n) is 4.70. The number of fused-ring (bicyclic) bond motifs is 1. The average Bonchev–Trinajstić information content (AvgIpc) is 2.71. The topological polar surface area (TPSA) is 0 Å². The van der Waals surface area contributed by atoms with E-state index >= 15 is 0 Å². The van der Waals surface area contributed by atoms with Gasteiger partial charge in [-0.2, -0.15) is 0 Å². The summed E-state index contributed by atoms with van der Waals surface area (Å²) in [4.78, 5) is 0. The molecule has 0 radical (unpaired) electrons. The summed E-state index contributed by atoms with van der Waals surface area (Å²) in [6, 6.07) is 14.7. The fourth-order valence-electron chi connectivity index (χ4n) is 3.06. The number of hydrogen-bond donors (Lipinski definition) is 0. The number of halogens is 3. The monoisotopic (exact) mass is 366 g/mol. The average molecular weight is 366 g/mol. The molecule has 0 bridgehead atoms. The van der Waals surface area contributed by atoms with Gasteiger partial charge in [-0.05, 0) is 41.8 Å². The van der Waals surface area contributed by atoms with Crippen LogP contribution < -0.4 is 0 Å². The molecular formula is C24H21F3. The smallest absolute Gasteiger partial charge is 0.169 e. The van der Waals surface area contributed by atoms with E-state index in [0.29, 0.717) is 5.39 Å². The second-order valence-electron chi connectivity index (χ2n) is 6.49. The molecule has 0 fully saturated rings. The van der Waals surface area contributed by atoms with Crippen LogP contribution >= 0.6 is 0 Å². The second kappa shape index (κ2) is 8.26. The maximum absolute atomic E-state index is 14.8. The second-order valence-corrected chi connectivity index (χ2v) is 6.49. The van der Waals surface area contributed by atoms with E-state index < -0.39 is 17.5 Å². The van der Waals surface area contributed by atoms with Gasteiger partial charge in [0.05, 0.1) is 0 Å². The van der Waals surface area contributed by atoms with Crippen LogP contribution in [0.5, 0.6) is 0 Å². The minimum Gasteiger partial charge on any atom is -0.206 e. The van der Waals surface area contributed by atoms with Crippen molar-refractivity contribution in [2.45, 2.75) is 26.2 Å². The lowest BCUT2D eigenvalue weighted by Gasteiger charge is -2.08. The predicted octanol–water partition coefficient (Wildman–Crippen LogP) is 7.42. The predicted molar refractivity (Wildman–Crippen MR) is 107 cm³/mol. The number of allylic oxidation sites excluding steroid dienone is 1. The van der Waals surface area contributed by atoms with Gasteiger partial charge in [0.15, 0.2) is 11.7 Å². The maximum Gasteiger partial charge on any atom is 0.169 e. The number of rotatable bonds is 6. The van der Waals surface area contributed by atoms with Gasteiger partial charge in [0.1, 0.15) is 5.82 Å². The van der Waals surface area contributed by atoms with Gasteiger partial charge < -0.3 is 0 Å². The number of benzene rings is 3. The molecule has 0 N–H and O–H groups in total. The Morgan fingerprint density at radius 3 is 2.30 bits per heavy atom. The summed E-state index contributed by atoms with van der Waals surface area (Å²) in [6.45, 7) is 5.67. The largest absolute Gasteiger partial charge is 0.206 e. The van der Waals surface area contributed by atoms with Gasteiger partial charge in [-0.1, -0.05) is 61.5 Å². The Balaban J connectivity index is 1.98. The lowest BCUT2D eigenvalue weighted by Crippen LogP contribution is -1.92. The Labute approximate surface area is 157 Å². The van der Waals surface area contributed by atoms with Crippen LogP contribution in [0.25, 0.3) is 22.4 Å². The lowest BCUT2D eigenvalue weighted by atomic mass is 10.0. The normalized spacial score (nSPS) is 12.1. The third-order valence-corrected chi connectivity index (χ3v) is 4.70. The molecule has 0 aromatic heterocycles. The van der Waals surface area contributed by atoms with Crippen LogP contribution in [0.2, 0.25) is 0 Å². The molecule has 0 spiro atoms. The zero-order valence-electron chi connectivity index (χ0n) is 15.2. The van der Waals surface area contributed by atoms with Crippen LogP contribution in [0.4, 0.5) is 13.2 Å². The SMILES string of the molecule is C=CCCc1ccc(C(F)=C(F)c2ccc3cc(CC)ccc3c2F)cc1. The molecule has 3 rings (SSSR count). The van der Waals surface area contributed by atoms with E-state index in [-0.39, 0.29) is 16.5 Å². The quantitative estimate of drug-likeness (QED) is 0.314. The summed E-state index contributed by atoms with van der Waals surface area (Å²) in [7, 11) is 0. The summed E-state index contributed by atoms with van der Waals surface area (Å²) >= 11 is 0. The molecule has 0 aliphatic heterocycles. The van der Waals surface area contributed by atoms with Crippen LogP contribution in [-0.2, 0) is 12.8 Å². The Hall–Kier alpha value is -2.81.